The van der Waals surface area contributed by atoms with Gasteiger partial charge in [0.1, 0.15) is 6.54 Å². The number of amides is 4. The molecule has 2 atom stereocenters. The van der Waals surface area contributed by atoms with E-state index in [9.17, 15) is 23.4 Å². The summed E-state index contributed by atoms with van der Waals surface area (Å²) in [7, 11) is -0.185. The van der Waals surface area contributed by atoms with Crippen molar-refractivity contribution in [2.24, 2.45) is 0 Å². The molecule has 1 aromatic carbocycles. The topological polar surface area (TPSA) is 165 Å². The molecule has 40 heavy (non-hydrogen) atoms. The van der Waals surface area contributed by atoms with E-state index in [4.69, 9.17) is 4.74 Å². The van der Waals surface area contributed by atoms with Crippen molar-refractivity contribution in [1.82, 2.24) is 26.3 Å². The summed E-state index contributed by atoms with van der Waals surface area (Å²) >= 11 is 0. The molecule has 1 aromatic heterocycles. The molecule has 0 aliphatic carbocycles. The number of carbonyl (C=O) groups is 4. The van der Waals surface area contributed by atoms with Crippen LogP contribution in [-0.2, 0) is 36.3 Å². The predicted molar refractivity (Wildman–Crippen MR) is 151 cm³/mol. The second-order valence-corrected chi connectivity index (χ2v) is 11.2. The molecule has 13 heteroatoms. The molecule has 0 radical (unpaired) electrons. The van der Waals surface area contributed by atoms with Crippen LogP contribution in [0.3, 0.4) is 0 Å². The zero-order chi connectivity index (χ0) is 29.5. The number of ether oxygens (including phenoxy) is 2. The van der Waals surface area contributed by atoms with Crippen LogP contribution in [0.2, 0.25) is 0 Å². The number of pyridine rings is 1. The van der Waals surface area contributed by atoms with Gasteiger partial charge in [0.25, 0.3) is 0 Å². The zero-order valence-electron chi connectivity index (χ0n) is 23.2. The Morgan fingerprint density at radius 3 is 2.25 bits per heavy atom. The van der Waals surface area contributed by atoms with E-state index in [1.807, 2.05) is 42.5 Å². The maximum absolute atomic E-state index is 12.4. The van der Waals surface area contributed by atoms with Gasteiger partial charge >= 0.3 is 12.2 Å². The van der Waals surface area contributed by atoms with Crippen molar-refractivity contribution in [2.45, 2.75) is 44.1 Å². The quantitative estimate of drug-likeness (QED) is 0.248. The highest BCUT2D eigenvalue weighted by Gasteiger charge is 2.27. The Morgan fingerprint density at radius 1 is 0.950 bits per heavy atom. The first-order chi connectivity index (χ1) is 19.0. The number of alkyl carbamates (subject to hydrolysis) is 2. The highest BCUT2D eigenvalue weighted by atomic mass is 32.2. The van der Waals surface area contributed by atoms with Crippen LogP contribution in [0.5, 0.6) is 0 Å². The molecule has 12 nitrogen and oxygen atoms in total. The van der Waals surface area contributed by atoms with Gasteiger partial charge in [0, 0.05) is 30.6 Å². The van der Waals surface area contributed by atoms with Crippen LogP contribution in [0.25, 0.3) is 11.3 Å². The molecule has 1 heterocycles. The van der Waals surface area contributed by atoms with E-state index < -0.39 is 33.8 Å². The van der Waals surface area contributed by atoms with E-state index in [0.717, 1.165) is 16.8 Å². The van der Waals surface area contributed by atoms with Crippen molar-refractivity contribution in [3.63, 3.8) is 0 Å². The molecule has 218 valence electrons. The highest BCUT2D eigenvalue weighted by molar-refractivity contribution is 7.85. The summed E-state index contributed by atoms with van der Waals surface area (Å²) in [6, 6.07) is 13.3. The van der Waals surface area contributed by atoms with Crippen molar-refractivity contribution in [2.75, 3.05) is 33.0 Å². The fourth-order valence-electron chi connectivity index (χ4n) is 3.47. The lowest BCUT2D eigenvalue weighted by Crippen LogP contribution is -2.43. The van der Waals surface area contributed by atoms with Crippen LogP contribution in [0.15, 0.2) is 48.7 Å². The maximum Gasteiger partial charge on any atom is 0.409 e. The largest absolute Gasteiger partial charge is 0.453 e. The van der Waals surface area contributed by atoms with Crippen LogP contribution < -0.4 is 21.3 Å². The minimum atomic E-state index is -1.40. The van der Waals surface area contributed by atoms with Crippen molar-refractivity contribution in [1.29, 1.82) is 0 Å². The molecule has 0 aliphatic rings. The molecule has 2 rings (SSSR count). The summed E-state index contributed by atoms with van der Waals surface area (Å²) in [5.74, 6) is -0.788. The van der Waals surface area contributed by atoms with Gasteiger partial charge in [-0.25, -0.2) is 9.59 Å². The molecule has 0 bridgehead atoms. The van der Waals surface area contributed by atoms with Crippen LogP contribution in [-0.4, -0.2) is 77.2 Å². The lowest BCUT2D eigenvalue weighted by atomic mass is 9.99. The first kappa shape index (κ1) is 32.2. The van der Waals surface area contributed by atoms with Gasteiger partial charge in [0.15, 0.2) is 4.93 Å². The number of rotatable bonds is 14. The van der Waals surface area contributed by atoms with Crippen molar-refractivity contribution >= 4 is 34.8 Å². The molecule has 4 amide bonds. The Kier molecular flexibility index (Phi) is 13.0. The third kappa shape index (κ3) is 11.8. The van der Waals surface area contributed by atoms with E-state index >= 15 is 0 Å². The molecule has 1 unspecified atom stereocenters. The number of nitrogens with zero attached hydrogens (tertiary/aromatic N) is 1. The standard InChI is InChI=1S/C27H37N5O7S/c1-27(2,40(4)37)39-26(36)31-17-23(33)29-15-7-8-21(32-24(34)18-30-25(35)38-3)16-19-10-12-20(13-11-19)22-9-5-6-14-28-22/h5-6,9-14,21H,7-8,15-18H2,1-4H3,(H,29,33)(H,30,35)(H,31,36)(H,32,34)/t21?,40-/m0/s1. The lowest BCUT2D eigenvalue weighted by Gasteiger charge is -2.22. The summed E-state index contributed by atoms with van der Waals surface area (Å²) in [6.45, 7) is 2.80. The van der Waals surface area contributed by atoms with Gasteiger partial charge < -0.3 is 30.7 Å². The van der Waals surface area contributed by atoms with Crippen LogP contribution >= 0.6 is 0 Å². The molecule has 0 aliphatic heterocycles. The summed E-state index contributed by atoms with van der Waals surface area (Å²) < 4.78 is 21.1. The highest BCUT2D eigenvalue weighted by Crippen LogP contribution is 2.18. The van der Waals surface area contributed by atoms with Gasteiger partial charge in [-0.2, -0.15) is 0 Å². The molecule has 0 fully saturated rings. The monoisotopic (exact) mass is 575 g/mol. The van der Waals surface area contributed by atoms with E-state index in [-0.39, 0.29) is 25.0 Å². The molecular formula is C27H37N5O7S. The number of hydrogen-bond acceptors (Lipinski definition) is 8. The predicted octanol–water partition coefficient (Wildman–Crippen LogP) is 1.87. The number of nitrogens with one attached hydrogen (secondary N) is 4. The van der Waals surface area contributed by atoms with E-state index in [1.54, 1.807) is 6.20 Å². The zero-order valence-corrected chi connectivity index (χ0v) is 24.0. The Morgan fingerprint density at radius 2 is 1.62 bits per heavy atom. The Bertz CT molecular complexity index is 1160. The molecule has 0 spiro atoms. The van der Waals surface area contributed by atoms with E-state index in [1.165, 1.54) is 27.2 Å². The third-order valence-electron chi connectivity index (χ3n) is 5.82. The number of benzene rings is 1. The van der Waals surface area contributed by atoms with Gasteiger partial charge in [-0.05, 0) is 50.8 Å². The second kappa shape index (κ2) is 16.2. The summed E-state index contributed by atoms with van der Waals surface area (Å²) in [6.07, 6.45) is 3.22. The van der Waals surface area contributed by atoms with Gasteiger partial charge in [-0.1, -0.05) is 30.3 Å². The SMILES string of the molecule is COC(=O)NCC(=O)NC(CCCNC(=O)CNC(=O)OC(C)(C)[S@](C)=O)Cc1ccc(-c2ccccn2)cc1. The minimum Gasteiger partial charge on any atom is -0.453 e. The number of carbonyl (C=O) groups excluding carboxylic acids is 4. The average Bonchev–Trinajstić information content (AvgIpc) is 2.93. The minimum absolute atomic E-state index is 0.233. The molecule has 0 saturated carbocycles. The Balaban J connectivity index is 1.87. The average molecular weight is 576 g/mol. The molecule has 4 N–H and O–H groups in total. The van der Waals surface area contributed by atoms with Crippen molar-refractivity contribution in [3.05, 3.63) is 54.2 Å². The number of aromatic nitrogens is 1. The summed E-state index contributed by atoms with van der Waals surface area (Å²) in [5, 5.41) is 10.3. The van der Waals surface area contributed by atoms with Gasteiger partial charge in [0.05, 0.1) is 30.1 Å². The van der Waals surface area contributed by atoms with Gasteiger partial charge in [0.2, 0.25) is 11.8 Å². The first-order valence-corrected chi connectivity index (χ1v) is 14.2. The molecule has 0 saturated heterocycles. The second-order valence-electron chi connectivity index (χ2n) is 9.31. The summed E-state index contributed by atoms with van der Waals surface area (Å²) in [5.41, 5.74) is 2.82. The summed E-state index contributed by atoms with van der Waals surface area (Å²) in [4.78, 5) is 50.9. The molecule has 2 aromatic rings. The van der Waals surface area contributed by atoms with Crippen molar-refractivity contribution < 1.29 is 32.9 Å². The fourth-order valence-corrected chi connectivity index (χ4v) is 3.66. The molecular weight excluding hydrogens is 538 g/mol. The number of hydrogen-bond donors (Lipinski definition) is 4. The van der Waals surface area contributed by atoms with Crippen LogP contribution in [0, 0.1) is 0 Å². The van der Waals surface area contributed by atoms with E-state index in [0.29, 0.717) is 25.8 Å². The van der Waals surface area contributed by atoms with Crippen molar-refractivity contribution in [3.8, 4) is 11.3 Å². The van der Waals surface area contributed by atoms with Crippen LogP contribution in [0.1, 0.15) is 32.3 Å². The number of methoxy groups -OCH3 is 1. The normalized spacial score (nSPS) is 12.4. The smallest absolute Gasteiger partial charge is 0.409 e. The van der Waals surface area contributed by atoms with E-state index in [2.05, 4.69) is 31.0 Å². The lowest BCUT2D eigenvalue weighted by molar-refractivity contribution is -0.121. The van der Waals surface area contributed by atoms with Gasteiger partial charge in [-0.3, -0.25) is 18.8 Å². The Hall–Kier alpha value is -4.00. The van der Waals surface area contributed by atoms with Crippen LogP contribution in [0.4, 0.5) is 9.59 Å². The Labute approximate surface area is 236 Å². The van der Waals surface area contributed by atoms with Gasteiger partial charge in [-0.15, -0.1) is 0 Å². The first-order valence-electron chi connectivity index (χ1n) is 12.7. The fraction of sp³-hybridized carbons (Fsp3) is 0.444. The maximum atomic E-state index is 12.4. The third-order valence-corrected chi connectivity index (χ3v) is 7.28.